The van der Waals surface area contributed by atoms with E-state index in [1.165, 1.54) is 6.07 Å². The largest absolute Gasteiger partial charge is 0.488 e. The van der Waals surface area contributed by atoms with E-state index in [0.717, 1.165) is 16.8 Å². The van der Waals surface area contributed by atoms with Gasteiger partial charge in [-0.2, -0.15) is 9.78 Å². The monoisotopic (exact) mass is 463 g/mol. The standard InChI is InChI=1S/C24H19ClFN5O2/c1-14-23-17(12-22(32)27-24(23)31(30-14)21-11-10-20(25)28-29-21)16-7-3-5-9-19(16)33-13-15-6-2-4-8-18(15)26/h2-11,17H,12-13H2,1H3,(H,27,32)/t17-/m0/s1. The maximum absolute atomic E-state index is 14.1. The van der Waals surface area contributed by atoms with Crippen LogP contribution in [-0.2, 0) is 11.4 Å². The predicted molar refractivity (Wildman–Crippen MR) is 121 cm³/mol. The highest BCUT2D eigenvalue weighted by Gasteiger charge is 2.34. The molecule has 2 aromatic carbocycles. The Morgan fingerprint density at radius 2 is 1.91 bits per heavy atom. The zero-order chi connectivity index (χ0) is 22.9. The summed E-state index contributed by atoms with van der Waals surface area (Å²) in [7, 11) is 0. The van der Waals surface area contributed by atoms with E-state index in [2.05, 4.69) is 20.6 Å². The Hall–Kier alpha value is -3.78. The number of fused-ring (bicyclic) bond motifs is 1. The Kier molecular flexibility index (Phi) is 5.51. The van der Waals surface area contributed by atoms with Crippen molar-refractivity contribution in [3.8, 4) is 11.6 Å². The normalized spacial score (nSPS) is 15.1. The number of aromatic nitrogens is 4. The molecule has 0 spiro atoms. The summed E-state index contributed by atoms with van der Waals surface area (Å²) in [5.41, 5.74) is 2.90. The predicted octanol–water partition coefficient (Wildman–Crippen LogP) is 4.82. The zero-order valence-electron chi connectivity index (χ0n) is 17.6. The smallest absolute Gasteiger partial charge is 0.226 e. The summed E-state index contributed by atoms with van der Waals surface area (Å²) in [4.78, 5) is 12.7. The van der Waals surface area contributed by atoms with E-state index >= 15 is 0 Å². The lowest BCUT2D eigenvalue weighted by Gasteiger charge is -2.26. The van der Waals surface area contributed by atoms with Crippen molar-refractivity contribution in [2.24, 2.45) is 0 Å². The van der Waals surface area contributed by atoms with Gasteiger partial charge in [-0.25, -0.2) is 4.39 Å². The number of hydrogen-bond donors (Lipinski definition) is 1. The molecule has 0 radical (unpaired) electrons. The minimum absolute atomic E-state index is 0.0774. The molecule has 1 aliphatic rings. The van der Waals surface area contributed by atoms with Crippen LogP contribution in [0, 0.1) is 12.7 Å². The lowest BCUT2D eigenvalue weighted by molar-refractivity contribution is -0.116. The van der Waals surface area contributed by atoms with E-state index in [1.54, 1.807) is 35.0 Å². The molecule has 0 saturated heterocycles. The lowest BCUT2D eigenvalue weighted by atomic mass is 9.85. The Morgan fingerprint density at radius 1 is 1.12 bits per heavy atom. The number of halogens is 2. The number of nitrogens with zero attached hydrogens (tertiary/aromatic N) is 4. The highest BCUT2D eigenvalue weighted by molar-refractivity contribution is 6.29. The van der Waals surface area contributed by atoms with Crippen LogP contribution in [0.1, 0.15) is 34.7 Å². The van der Waals surface area contributed by atoms with Crippen LogP contribution in [0.4, 0.5) is 10.2 Å². The van der Waals surface area contributed by atoms with Crippen molar-refractivity contribution in [1.29, 1.82) is 0 Å². The number of para-hydroxylation sites is 1. The van der Waals surface area contributed by atoms with Gasteiger partial charge < -0.3 is 10.1 Å². The molecule has 1 amide bonds. The average molecular weight is 464 g/mol. The third kappa shape index (κ3) is 4.05. The van der Waals surface area contributed by atoms with Gasteiger partial charge in [0.1, 0.15) is 24.0 Å². The molecule has 0 bridgehead atoms. The summed E-state index contributed by atoms with van der Waals surface area (Å²) in [6.45, 7) is 1.96. The topological polar surface area (TPSA) is 81.9 Å². The molecule has 9 heteroatoms. The van der Waals surface area contributed by atoms with Crippen LogP contribution < -0.4 is 10.1 Å². The molecule has 1 atom stereocenters. The van der Waals surface area contributed by atoms with Crippen molar-refractivity contribution in [2.45, 2.75) is 25.9 Å². The minimum Gasteiger partial charge on any atom is -0.488 e. The van der Waals surface area contributed by atoms with Gasteiger partial charge >= 0.3 is 0 Å². The molecule has 4 aromatic rings. The van der Waals surface area contributed by atoms with Crippen molar-refractivity contribution in [1.82, 2.24) is 20.0 Å². The van der Waals surface area contributed by atoms with Crippen LogP contribution in [0.15, 0.2) is 60.7 Å². The van der Waals surface area contributed by atoms with Gasteiger partial charge in [-0.05, 0) is 31.2 Å². The van der Waals surface area contributed by atoms with Gasteiger partial charge in [0.25, 0.3) is 0 Å². The van der Waals surface area contributed by atoms with Gasteiger partial charge in [-0.3, -0.25) is 4.79 Å². The summed E-state index contributed by atoms with van der Waals surface area (Å²) in [5, 5.41) is 15.7. The van der Waals surface area contributed by atoms with Crippen LogP contribution in [-0.4, -0.2) is 25.9 Å². The Bertz CT molecular complexity index is 1340. The maximum Gasteiger partial charge on any atom is 0.226 e. The number of carbonyl (C=O) groups excluding carboxylic acids is 1. The molecule has 0 saturated carbocycles. The third-order valence-electron chi connectivity index (χ3n) is 5.57. The van der Waals surface area contributed by atoms with Crippen LogP contribution in [0.3, 0.4) is 0 Å². The van der Waals surface area contributed by atoms with E-state index in [0.29, 0.717) is 22.9 Å². The first-order valence-corrected chi connectivity index (χ1v) is 10.7. The Balaban J connectivity index is 1.54. The minimum atomic E-state index is -0.324. The fraction of sp³-hybridized carbons (Fsp3) is 0.167. The molecule has 2 aromatic heterocycles. The molecule has 1 aliphatic heterocycles. The number of nitrogens with one attached hydrogen (secondary N) is 1. The van der Waals surface area contributed by atoms with Gasteiger partial charge in [0.05, 0.1) is 5.69 Å². The van der Waals surface area contributed by atoms with Crippen LogP contribution in [0.25, 0.3) is 5.82 Å². The average Bonchev–Trinajstić information content (AvgIpc) is 3.15. The second-order valence-corrected chi connectivity index (χ2v) is 8.08. The van der Waals surface area contributed by atoms with Crippen LogP contribution in [0.2, 0.25) is 5.15 Å². The highest BCUT2D eigenvalue weighted by atomic mass is 35.5. The Morgan fingerprint density at radius 3 is 2.70 bits per heavy atom. The number of aryl methyl sites for hydroxylation is 1. The third-order valence-corrected chi connectivity index (χ3v) is 5.77. The number of ether oxygens (including phenoxy) is 1. The molecule has 0 aliphatic carbocycles. The van der Waals surface area contributed by atoms with E-state index in [9.17, 15) is 9.18 Å². The molecule has 0 unspecified atom stereocenters. The summed E-state index contributed by atoms with van der Waals surface area (Å²) in [6.07, 6.45) is 0.228. The fourth-order valence-electron chi connectivity index (χ4n) is 4.07. The maximum atomic E-state index is 14.1. The summed E-state index contributed by atoms with van der Waals surface area (Å²) >= 11 is 5.86. The van der Waals surface area contributed by atoms with Gasteiger partial charge in [0.2, 0.25) is 5.91 Å². The van der Waals surface area contributed by atoms with Crippen molar-refractivity contribution in [3.05, 3.63) is 94.0 Å². The second-order valence-electron chi connectivity index (χ2n) is 7.70. The van der Waals surface area contributed by atoms with Gasteiger partial charge in [-0.1, -0.05) is 48.0 Å². The highest BCUT2D eigenvalue weighted by Crippen LogP contribution is 2.43. The Labute approximate surface area is 194 Å². The SMILES string of the molecule is Cc1nn(-c2ccc(Cl)nn2)c2c1[C@H](c1ccccc1OCc1ccccc1F)CC(=O)N2. The molecule has 5 rings (SSSR count). The molecular formula is C24H19ClFN5O2. The molecule has 166 valence electrons. The summed E-state index contributed by atoms with van der Waals surface area (Å²) in [5.74, 6) is 0.794. The van der Waals surface area contributed by atoms with Crippen molar-refractivity contribution in [2.75, 3.05) is 5.32 Å². The first-order chi connectivity index (χ1) is 16.0. The van der Waals surface area contributed by atoms with E-state index in [1.807, 2.05) is 31.2 Å². The van der Waals surface area contributed by atoms with Gasteiger partial charge in [-0.15, -0.1) is 10.2 Å². The summed E-state index contributed by atoms with van der Waals surface area (Å²) < 4.78 is 21.6. The number of hydrogen-bond acceptors (Lipinski definition) is 5. The molecule has 7 nitrogen and oxygen atoms in total. The number of anilines is 1. The number of rotatable bonds is 5. The number of benzene rings is 2. The molecule has 3 heterocycles. The lowest BCUT2D eigenvalue weighted by Crippen LogP contribution is -2.25. The van der Waals surface area contributed by atoms with Gasteiger partial charge in [0, 0.05) is 29.0 Å². The molecular weight excluding hydrogens is 445 g/mol. The quantitative estimate of drug-likeness (QED) is 0.459. The van der Waals surface area contributed by atoms with E-state index in [-0.39, 0.29) is 35.8 Å². The zero-order valence-corrected chi connectivity index (χ0v) is 18.4. The van der Waals surface area contributed by atoms with Crippen molar-refractivity contribution in [3.63, 3.8) is 0 Å². The van der Waals surface area contributed by atoms with Gasteiger partial charge in [0.15, 0.2) is 11.0 Å². The summed E-state index contributed by atoms with van der Waals surface area (Å²) in [6, 6.07) is 17.3. The first kappa shape index (κ1) is 21.1. The van der Waals surface area contributed by atoms with E-state index < -0.39 is 0 Å². The fourth-order valence-corrected chi connectivity index (χ4v) is 4.17. The number of carbonyl (C=O) groups is 1. The van der Waals surface area contributed by atoms with Crippen LogP contribution in [0.5, 0.6) is 5.75 Å². The van der Waals surface area contributed by atoms with Crippen molar-refractivity contribution < 1.29 is 13.9 Å². The molecule has 0 fully saturated rings. The van der Waals surface area contributed by atoms with Crippen molar-refractivity contribution >= 4 is 23.3 Å². The second kappa shape index (κ2) is 8.63. The van der Waals surface area contributed by atoms with Crippen LogP contribution >= 0.6 is 11.6 Å². The molecule has 1 N–H and O–H groups in total. The first-order valence-electron chi connectivity index (χ1n) is 10.4. The molecule has 33 heavy (non-hydrogen) atoms. The van der Waals surface area contributed by atoms with E-state index in [4.69, 9.17) is 16.3 Å². The number of amides is 1.